The molecule has 1 N–H and O–H groups in total. The van der Waals surface area contributed by atoms with E-state index in [0.29, 0.717) is 19.0 Å². The van der Waals surface area contributed by atoms with Gasteiger partial charge in [-0.25, -0.2) is 0 Å². The van der Waals surface area contributed by atoms with E-state index >= 15 is 0 Å². The molecule has 0 saturated heterocycles. The zero-order valence-electron chi connectivity index (χ0n) is 11.2. The number of pyridine rings is 1. The highest BCUT2D eigenvalue weighted by molar-refractivity contribution is 5.48. The molecule has 1 aromatic rings. The van der Waals surface area contributed by atoms with E-state index in [2.05, 4.69) is 17.2 Å². The van der Waals surface area contributed by atoms with Crippen LogP contribution in [0.2, 0.25) is 0 Å². The average Bonchev–Trinajstić information content (AvgIpc) is 2.42. The number of ether oxygens (including phenoxy) is 2. The minimum Gasteiger partial charge on any atom is -0.470 e. The van der Waals surface area contributed by atoms with Gasteiger partial charge in [0, 0.05) is 19.7 Å². The summed E-state index contributed by atoms with van der Waals surface area (Å²) < 4.78 is 10.6. The Labute approximate surface area is 112 Å². The van der Waals surface area contributed by atoms with Gasteiger partial charge in [-0.3, -0.25) is 10.1 Å². The van der Waals surface area contributed by atoms with Crippen LogP contribution in [-0.4, -0.2) is 36.8 Å². The van der Waals surface area contributed by atoms with E-state index in [0.717, 1.165) is 12.8 Å². The first-order valence-corrected chi connectivity index (χ1v) is 6.22. The van der Waals surface area contributed by atoms with Gasteiger partial charge in [0.2, 0.25) is 0 Å². The van der Waals surface area contributed by atoms with Gasteiger partial charge in [0.25, 0.3) is 5.88 Å². The monoisotopic (exact) mass is 269 g/mol. The third kappa shape index (κ3) is 5.09. The number of anilines is 1. The second-order valence-corrected chi connectivity index (χ2v) is 3.84. The zero-order valence-corrected chi connectivity index (χ0v) is 11.2. The lowest BCUT2D eigenvalue weighted by Gasteiger charge is -2.08. The molecule has 1 aromatic heterocycles. The molecule has 0 aliphatic rings. The number of aromatic nitrogens is 1. The molecule has 0 aliphatic carbocycles. The molecule has 0 unspecified atom stereocenters. The molecule has 0 aromatic carbocycles. The molecular weight excluding hydrogens is 250 g/mol. The molecule has 0 aliphatic heterocycles. The highest BCUT2D eigenvalue weighted by Gasteiger charge is 2.17. The standard InChI is InChI=1S/C12H19N3O4/c1-3-4-7-18-8-9-19-12-10(15(16)17)5-6-11(13-2)14-12/h5-6H,3-4,7-9H2,1-2H3,(H,13,14). The molecule has 106 valence electrons. The van der Waals surface area contributed by atoms with Crippen molar-refractivity contribution >= 4 is 11.5 Å². The van der Waals surface area contributed by atoms with E-state index in [1.165, 1.54) is 12.1 Å². The van der Waals surface area contributed by atoms with Crippen LogP contribution in [0.4, 0.5) is 11.5 Å². The number of hydrogen-bond acceptors (Lipinski definition) is 6. The van der Waals surface area contributed by atoms with E-state index < -0.39 is 4.92 Å². The van der Waals surface area contributed by atoms with Gasteiger partial charge in [-0.05, 0) is 12.5 Å². The van der Waals surface area contributed by atoms with Crippen LogP contribution in [0.5, 0.6) is 5.88 Å². The Kier molecular flexibility index (Phi) is 6.59. The van der Waals surface area contributed by atoms with Crippen molar-refractivity contribution < 1.29 is 14.4 Å². The summed E-state index contributed by atoms with van der Waals surface area (Å²) >= 11 is 0. The molecule has 7 nitrogen and oxygen atoms in total. The lowest BCUT2D eigenvalue weighted by atomic mass is 10.4. The number of hydrogen-bond donors (Lipinski definition) is 1. The number of nitrogens with one attached hydrogen (secondary N) is 1. The molecule has 1 heterocycles. The van der Waals surface area contributed by atoms with E-state index in [-0.39, 0.29) is 18.2 Å². The summed E-state index contributed by atoms with van der Waals surface area (Å²) in [6.45, 7) is 3.38. The minimum atomic E-state index is -0.514. The molecule has 0 amide bonds. The van der Waals surface area contributed by atoms with Crippen LogP contribution < -0.4 is 10.1 Å². The van der Waals surface area contributed by atoms with Gasteiger partial charge in [-0.2, -0.15) is 4.98 Å². The quantitative estimate of drug-likeness (QED) is 0.420. The van der Waals surface area contributed by atoms with Gasteiger partial charge in [0.15, 0.2) is 0 Å². The van der Waals surface area contributed by atoms with E-state index in [9.17, 15) is 10.1 Å². The molecule has 19 heavy (non-hydrogen) atoms. The van der Waals surface area contributed by atoms with Crippen LogP contribution in [0.1, 0.15) is 19.8 Å². The topological polar surface area (TPSA) is 86.5 Å². The first-order valence-electron chi connectivity index (χ1n) is 6.22. The number of nitrogens with zero attached hydrogens (tertiary/aromatic N) is 2. The van der Waals surface area contributed by atoms with E-state index in [1.54, 1.807) is 7.05 Å². The summed E-state index contributed by atoms with van der Waals surface area (Å²) in [5, 5.41) is 13.6. The smallest absolute Gasteiger partial charge is 0.331 e. The van der Waals surface area contributed by atoms with Crippen molar-refractivity contribution in [1.29, 1.82) is 0 Å². The highest BCUT2D eigenvalue weighted by Crippen LogP contribution is 2.25. The SMILES string of the molecule is CCCCOCCOc1nc(NC)ccc1[N+](=O)[O-]. The molecule has 0 bridgehead atoms. The Balaban J connectivity index is 2.52. The molecule has 7 heteroatoms. The lowest BCUT2D eigenvalue weighted by molar-refractivity contribution is -0.386. The Hall–Kier alpha value is -1.89. The van der Waals surface area contributed by atoms with Crippen molar-refractivity contribution in [2.24, 2.45) is 0 Å². The van der Waals surface area contributed by atoms with Gasteiger partial charge in [-0.1, -0.05) is 13.3 Å². The van der Waals surface area contributed by atoms with Crippen LogP contribution >= 0.6 is 0 Å². The maximum Gasteiger partial charge on any atom is 0.331 e. The Morgan fingerprint density at radius 2 is 2.16 bits per heavy atom. The van der Waals surface area contributed by atoms with Crippen molar-refractivity contribution in [2.75, 3.05) is 32.2 Å². The third-order valence-corrected chi connectivity index (χ3v) is 2.40. The zero-order chi connectivity index (χ0) is 14.1. The third-order valence-electron chi connectivity index (χ3n) is 2.40. The summed E-state index contributed by atoms with van der Waals surface area (Å²) in [5.74, 6) is 0.531. The fraction of sp³-hybridized carbons (Fsp3) is 0.583. The van der Waals surface area contributed by atoms with Crippen molar-refractivity contribution in [1.82, 2.24) is 4.98 Å². The van der Waals surface area contributed by atoms with Crippen LogP contribution in [0.25, 0.3) is 0 Å². The number of rotatable bonds is 9. The normalized spacial score (nSPS) is 10.2. The second kappa shape index (κ2) is 8.25. The molecule has 0 fully saturated rings. The molecule has 0 radical (unpaired) electrons. The van der Waals surface area contributed by atoms with Crippen LogP contribution in [0, 0.1) is 10.1 Å². The lowest BCUT2D eigenvalue weighted by Crippen LogP contribution is -2.10. The van der Waals surface area contributed by atoms with Crippen molar-refractivity contribution in [3.63, 3.8) is 0 Å². The van der Waals surface area contributed by atoms with Gasteiger partial charge in [-0.15, -0.1) is 0 Å². The summed E-state index contributed by atoms with van der Waals surface area (Å²) in [4.78, 5) is 14.3. The van der Waals surface area contributed by atoms with Gasteiger partial charge >= 0.3 is 5.69 Å². The Bertz CT molecular complexity index is 412. The molecule has 0 atom stereocenters. The van der Waals surface area contributed by atoms with Crippen LogP contribution in [0.3, 0.4) is 0 Å². The highest BCUT2D eigenvalue weighted by atomic mass is 16.6. The van der Waals surface area contributed by atoms with E-state index in [4.69, 9.17) is 9.47 Å². The van der Waals surface area contributed by atoms with Crippen LogP contribution in [0.15, 0.2) is 12.1 Å². The predicted octanol–water partition coefficient (Wildman–Crippen LogP) is 2.23. The Morgan fingerprint density at radius 3 is 2.79 bits per heavy atom. The summed E-state index contributed by atoms with van der Waals surface area (Å²) in [7, 11) is 1.69. The number of nitro groups is 1. The molecule has 0 saturated carbocycles. The van der Waals surface area contributed by atoms with Gasteiger partial charge in [0.1, 0.15) is 12.4 Å². The van der Waals surface area contributed by atoms with Crippen LogP contribution in [-0.2, 0) is 4.74 Å². The fourth-order valence-corrected chi connectivity index (χ4v) is 1.36. The minimum absolute atomic E-state index is 0.0101. The van der Waals surface area contributed by atoms with E-state index in [1.807, 2.05) is 0 Å². The predicted molar refractivity (Wildman–Crippen MR) is 71.7 cm³/mol. The first-order chi connectivity index (χ1) is 9.19. The average molecular weight is 269 g/mol. The molecular formula is C12H19N3O4. The van der Waals surface area contributed by atoms with Crippen molar-refractivity contribution in [3.05, 3.63) is 22.2 Å². The fourth-order valence-electron chi connectivity index (χ4n) is 1.36. The van der Waals surface area contributed by atoms with Gasteiger partial charge < -0.3 is 14.8 Å². The summed E-state index contributed by atoms with van der Waals surface area (Å²) in [6.07, 6.45) is 2.06. The largest absolute Gasteiger partial charge is 0.470 e. The molecule has 0 spiro atoms. The summed E-state index contributed by atoms with van der Waals surface area (Å²) in [5.41, 5.74) is -0.146. The molecule has 1 rings (SSSR count). The maximum atomic E-state index is 10.8. The van der Waals surface area contributed by atoms with Gasteiger partial charge in [0.05, 0.1) is 11.5 Å². The Morgan fingerprint density at radius 1 is 1.37 bits per heavy atom. The maximum absolute atomic E-state index is 10.8. The summed E-state index contributed by atoms with van der Waals surface area (Å²) in [6, 6.07) is 2.90. The van der Waals surface area contributed by atoms with Crippen molar-refractivity contribution in [2.45, 2.75) is 19.8 Å². The number of unbranched alkanes of at least 4 members (excludes halogenated alkanes) is 1. The second-order valence-electron chi connectivity index (χ2n) is 3.84. The first kappa shape index (κ1) is 15.2. The van der Waals surface area contributed by atoms with Crippen molar-refractivity contribution in [3.8, 4) is 5.88 Å².